The second kappa shape index (κ2) is 5.76. The minimum absolute atomic E-state index is 0. The van der Waals surface area contributed by atoms with Gasteiger partial charge in [-0.15, -0.1) is 0 Å². The smallest absolute Gasteiger partial charge is 0.444 e. The predicted octanol–water partition coefficient (Wildman–Crippen LogP) is 1.08. The Kier molecular flexibility index (Phi) is 5.32. The van der Waals surface area contributed by atoms with Gasteiger partial charge in [0.15, 0.2) is 0 Å². The van der Waals surface area contributed by atoms with Crippen molar-refractivity contribution in [2.24, 2.45) is 0 Å². The summed E-state index contributed by atoms with van der Waals surface area (Å²) in [7, 11) is 0. The van der Waals surface area contributed by atoms with E-state index in [9.17, 15) is 12.9 Å². The van der Waals surface area contributed by atoms with Crippen molar-refractivity contribution in [1.82, 2.24) is 0 Å². The minimum Gasteiger partial charge on any atom is -0.444 e. The number of benzene rings is 1. The molecule has 6 heteroatoms. The van der Waals surface area contributed by atoms with E-state index in [4.69, 9.17) is 0 Å². The molecule has 1 aromatic carbocycles. The second-order valence-electron chi connectivity index (χ2n) is 4.18. The molecule has 0 bridgehead atoms. The monoisotopic (exact) mass is 282 g/mol. The van der Waals surface area contributed by atoms with Crippen LogP contribution in [0.1, 0.15) is 25.3 Å². The molecule has 1 heterocycles. The maximum Gasteiger partial charge on any atom is 1.00 e. The largest absolute Gasteiger partial charge is 1.00 e. The van der Waals surface area contributed by atoms with Gasteiger partial charge >= 0.3 is 58.4 Å². The summed E-state index contributed by atoms with van der Waals surface area (Å²) in [6, 6.07) is 6.78. The van der Waals surface area contributed by atoms with Gasteiger partial charge in [0.1, 0.15) is 0 Å². The second-order valence-corrected chi connectivity index (χ2v) is 5.29. The van der Waals surface area contributed by atoms with Crippen molar-refractivity contribution in [1.29, 1.82) is 0 Å². The topological polar surface area (TPSA) is 0 Å². The molecule has 2 rings (SSSR count). The Labute approximate surface area is 145 Å². The van der Waals surface area contributed by atoms with Crippen molar-refractivity contribution in [2.45, 2.75) is 19.8 Å². The van der Waals surface area contributed by atoms with Crippen LogP contribution in [0.3, 0.4) is 0 Å². The van der Waals surface area contributed by atoms with Gasteiger partial charge in [-0.05, 0) is 22.9 Å². The minimum atomic E-state index is -4.87. The third-order valence-electron chi connectivity index (χ3n) is 2.55. The summed E-state index contributed by atoms with van der Waals surface area (Å²) in [6.45, 7) is -0.808. The number of rotatable bonds is 2. The van der Waals surface area contributed by atoms with Crippen LogP contribution in [0.15, 0.2) is 24.3 Å². The number of hydrogen-bond donors (Lipinski definition) is 0. The van der Waals surface area contributed by atoms with E-state index in [1.54, 1.807) is 6.07 Å². The fraction of sp³-hybridized carbons (Fsp3) is 0.273. The number of halogens is 3. The van der Waals surface area contributed by atoms with Crippen LogP contribution in [0, 0.1) is 0 Å². The summed E-state index contributed by atoms with van der Waals surface area (Å²) in [5.74, 6) is 0.337. The molecule has 0 N–H and O–H groups in total. The Morgan fingerprint density at radius 2 is 1.76 bits per heavy atom. The predicted molar refractivity (Wildman–Crippen MR) is 64.6 cm³/mol. The first-order valence-electron chi connectivity index (χ1n) is 5.11. The van der Waals surface area contributed by atoms with Crippen molar-refractivity contribution in [3.63, 3.8) is 0 Å². The Balaban J connectivity index is 0.00000144. The van der Waals surface area contributed by atoms with E-state index in [0.29, 0.717) is 16.0 Å². The molecule has 0 atom stereocenters. The number of fused-ring (bicyclic) bond motifs is 1. The van der Waals surface area contributed by atoms with Gasteiger partial charge in [0.05, 0.1) is 0 Å². The number of hydrogen-bond acceptors (Lipinski definition) is 1. The Bertz CT molecular complexity index is 519. The van der Waals surface area contributed by atoms with Crippen LogP contribution in [-0.4, -0.2) is 6.98 Å². The quantitative estimate of drug-likeness (QED) is 0.723. The van der Waals surface area contributed by atoms with Crippen LogP contribution < -0.4 is 56.2 Å². The normalized spacial score (nSPS) is 11.9. The van der Waals surface area contributed by atoms with Crippen LogP contribution in [0.2, 0.25) is 0 Å². The molecule has 0 fully saturated rings. The maximum atomic E-state index is 12.6. The van der Waals surface area contributed by atoms with E-state index in [1.807, 2.05) is 26.0 Å². The van der Waals surface area contributed by atoms with Crippen molar-refractivity contribution >= 4 is 33.2 Å². The molecule has 1 aromatic heterocycles. The fourth-order valence-electron chi connectivity index (χ4n) is 1.60. The Morgan fingerprint density at radius 1 is 1.12 bits per heavy atom. The van der Waals surface area contributed by atoms with Gasteiger partial charge in [-0.1, -0.05) is 36.8 Å². The first-order valence-corrected chi connectivity index (χ1v) is 5.93. The first kappa shape index (κ1) is 15.7. The van der Waals surface area contributed by atoms with E-state index in [0.717, 1.165) is 16.9 Å². The van der Waals surface area contributed by atoms with Crippen LogP contribution in [0.4, 0.5) is 12.9 Å². The molecule has 0 saturated heterocycles. The molecule has 0 saturated carbocycles. The molecule has 0 amide bonds. The van der Waals surface area contributed by atoms with Crippen LogP contribution in [0.5, 0.6) is 0 Å². The standard InChI is InChI=1S/C11H11BF3S.K/c1-7(2)8-3-4-10-9(5-8)6-11(16-10)12(13,14)15;/h3-7H,1-2H3;/q-1;+1. The number of thiophene rings is 1. The van der Waals surface area contributed by atoms with E-state index in [2.05, 4.69) is 0 Å². The zero-order valence-corrected chi connectivity index (χ0v) is 13.9. The molecule has 17 heavy (non-hydrogen) atoms. The van der Waals surface area contributed by atoms with Gasteiger partial charge < -0.3 is 12.9 Å². The maximum absolute atomic E-state index is 12.6. The van der Waals surface area contributed by atoms with Crippen LogP contribution >= 0.6 is 11.3 Å². The van der Waals surface area contributed by atoms with E-state index < -0.39 is 11.8 Å². The molecular formula is C11H11BF3KS. The average molecular weight is 282 g/mol. The molecule has 0 radical (unpaired) electrons. The van der Waals surface area contributed by atoms with Gasteiger partial charge in [-0.3, -0.25) is 0 Å². The SMILES string of the molecule is CC(C)c1ccc2sc([B-](F)(F)F)cc2c1.[K+]. The van der Waals surface area contributed by atoms with E-state index >= 15 is 0 Å². The van der Waals surface area contributed by atoms with Crippen molar-refractivity contribution < 1.29 is 64.3 Å². The summed E-state index contributed by atoms with van der Waals surface area (Å²) in [6.07, 6.45) is 0. The third kappa shape index (κ3) is 3.58. The van der Waals surface area contributed by atoms with Crippen LogP contribution in [0.25, 0.3) is 10.1 Å². The summed E-state index contributed by atoms with van der Waals surface area (Å²) in [5.41, 5.74) is 1.08. The molecule has 0 aliphatic rings. The van der Waals surface area contributed by atoms with Crippen molar-refractivity contribution in [3.8, 4) is 0 Å². The zero-order valence-electron chi connectivity index (χ0n) is 10.0. The van der Waals surface area contributed by atoms with Gasteiger partial charge in [0.25, 0.3) is 0 Å². The van der Waals surface area contributed by atoms with Gasteiger partial charge in [0, 0.05) is 4.70 Å². The summed E-state index contributed by atoms with van der Waals surface area (Å²) in [4.78, 5) is 0. The molecule has 0 aliphatic heterocycles. The molecule has 0 spiro atoms. The summed E-state index contributed by atoms with van der Waals surface area (Å²) < 4.78 is 37.9. The first-order chi connectivity index (χ1) is 7.38. The van der Waals surface area contributed by atoms with Crippen molar-refractivity contribution in [2.75, 3.05) is 0 Å². The Morgan fingerprint density at radius 3 is 2.29 bits per heavy atom. The zero-order chi connectivity index (χ0) is 11.9. The molecule has 0 nitrogen and oxygen atoms in total. The molecule has 2 aromatic rings. The molecule has 0 aliphatic carbocycles. The summed E-state index contributed by atoms with van der Waals surface area (Å²) >= 11 is 0.827. The van der Waals surface area contributed by atoms with Crippen molar-refractivity contribution in [3.05, 3.63) is 29.8 Å². The average Bonchev–Trinajstić information content (AvgIpc) is 2.58. The van der Waals surface area contributed by atoms with Gasteiger partial charge in [-0.25, -0.2) is 0 Å². The molecule has 0 unspecified atom stereocenters. The Hall–Kier alpha value is 0.671. The van der Waals surface area contributed by atoms with Gasteiger partial charge in [0.2, 0.25) is 0 Å². The molecule has 86 valence electrons. The molecular weight excluding hydrogens is 271 g/mol. The summed E-state index contributed by atoms with van der Waals surface area (Å²) in [5, 5.41) is 0.699. The fourth-order valence-corrected chi connectivity index (χ4v) is 2.55. The van der Waals surface area contributed by atoms with Gasteiger partial charge in [-0.2, -0.15) is 11.3 Å². The van der Waals surface area contributed by atoms with E-state index in [1.165, 1.54) is 6.07 Å². The van der Waals surface area contributed by atoms with E-state index in [-0.39, 0.29) is 51.4 Å². The third-order valence-corrected chi connectivity index (χ3v) is 3.76. The van der Waals surface area contributed by atoms with Crippen LogP contribution in [-0.2, 0) is 0 Å².